The monoisotopic (exact) mass is 539 g/mol. The van der Waals surface area contributed by atoms with Gasteiger partial charge in [0, 0.05) is 37.9 Å². The number of H-pyrrole nitrogens is 2. The van der Waals surface area contributed by atoms with E-state index in [1.54, 1.807) is 59.5 Å². The summed E-state index contributed by atoms with van der Waals surface area (Å²) in [6.45, 7) is 1.85. The predicted octanol–water partition coefficient (Wildman–Crippen LogP) is 3.54. The van der Waals surface area contributed by atoms with E-state index in [9.17, 15) is 18.0 Å². The van der Waals surface area contributed by atoms with Gasteiger partial charge < -0.3 is 24.9 Å². The van der Waals surface area contributed by atoms with Gasteiger partial charge in [0.25, 0.3) is 5.56 Å². The highest BCUT2D eigenvalue weighted by atomic mass is 19.4. The molecule has 0 amide bonds. The van der Waals surface area contributed by atoms with Gasteiger partial charge in [-0.05, 0) is 31.2 Å². The van der Waals surface area contributed by atoms with Gasteiger partial charge >= 0.3 is 6.18 Å². The fourth-order valence-corrected chi connectivity index (χ4v) is 4.76. The van der Waals surface area contributed by atoms with Crippen LogP contribution in [-0.4, -0.2) is 66.7 Å². The molecule has 0 spiro atoms. The van der Waals surface area contributed by atoms with Gasteiger partial charge in [0.2, 0.25) is 0 Å². The number of ether oxygens (including phenoxy) is 1. The molecule has 1 aromatic carbocycles. The molecule has 2 atom stereocenters. The summed E-state index contributed by atoms with van der Waals surface area (Å²) in [4.78, 5) is 34.3. The first kappa shape index (κ1) is 24.9. The van der Waals surface area contributed by atoms with E-state index in [4.69, 9.17) is 4.74 Å². The highest BCUT2D eigenvalue weighted by molar-refractivity contribution is 5.96. The van der Waals surface area contributed by atoms with Gasteiger partial charge in [0.1, 0.15) is 22.7 Å². The second-order valence-corrected chi connectivity index (χ2v) is 9.38. The second-order valence-electron chi connectivity index (χ2n) is 9.38. The van der Waals surface area contributed by atoms with Crippen LogP contribution >= 0.6 is 0 Å². The molecule has 39 heavy (non-hydrogen) atoms. The number of benzene rings is 1. The molecule has 3 N–H and O–H groups in total. The number of aromatic nitrogens is 7. The van der Waals surface area contributed by atoms with Crippen LogP contribution in [0.3, 0.4) is 0 Å². The van der Waals surface area contributed by atoms with E-state index in [0.29, 0.717) is 45.8 Å². The Balaban J connectivity index is 1.41. The minimum Gasteiger partial charge on any atom is -0.373 e. The van der Waals surface area contributed by atoms with Gasteiger partial charge in [-0.15, -0.1) is 0 Å². The van der Waals surface area contributed by atoms with Crippen LogP contribution in [0.4, 0.5) is 24.5 Å². The summed E-state index contributed by atoms with van der Waals surface area (Å²) >= 11 is 0. The third-order valence-corrected chi connectivity index (χ3v) is 6.62. The van der Waals surface area contributed by atoms with Crippen molar-refractivity contribution in [2.45, 2.75) is 25.2 Å². The molecule has 14 heteroatoms. The van der Waals surface area contributed by atoms with Crippen LogP contribution in [0.1, 0.15) is 18.8 Å². The number of anilines is 2. The van der Waals surface area contributed by atoms with Gasteiger partial charge in [-0.3, -0.25) is 9.48 Å². The lowest BCUT2D eigenvalue weighted by atomic mass is 10.1. The lowest BCUT2D eigenvalue weighted by Gasteiger charge is -2.35. The van der Waals surface area contributed by atoms with Crippen LogP contribution < -0.4 is 15.8 Å². The Morgan fingerprint density at radius 1 is 1.18 bits per heavy atom. The van der Waals surface area contributed by atoms with Crippen molar-refractivity contribution in [2.24, 2.45) is 7.05 Å². The van der Waals surface area contributed by atoms with Gasteiger partial charge in [-0.2, -0.15) is 18.3 Å². The zero-order chi connectivity index (χ0) is 27.3. The van der Waals surface area contributed by atoms with Crippen LogP contribution in [0.15, 0.2) is 47.7 Å². The van der Waals surface area contributed by atoms with Crippen molar-refractivity contribution in [3.63, 3.8) is 0 Å². The number of nitrogens with zero attached hydrogens (tertiary/aromatic N) is 6. The van der Waals surface area contributed by atoms with Crippen molar-refractivity contribution in [1.82, 2.24) is 34.7 Å². The number of hydrogen-bond acceptors (Lipinski definition) is 8. The Bertz CT molecular complexity index is 1710. The van der Waals surface area contributed by atoms with Crippen LogP contribution in [0.2, 0.25) is 0 Å². The molecular weight excluding hydrogens is 515 g/mol. The number of aromatic amines is 2. The molecule has 5 aromatic rings. The van der Waals surface area contributed by atoms with Crippen molar-refractivity contribution >= 4 is 33.4 Å². The number of nitrogens with one attached hydrogen (secondary N) is 3. The summed E-state index contributed by atoms with van der Waals surface area (Å²) in [5.74, 6) is 0.819. The van der Waals surface area contributed by atoms with Crippen LogP contribution in [0.5, 0.6) is 0 Å². The fraction of sp³-hybridized carbons (Fsp3) is 0.320. The largest absolute Gasteiger partial charge is 0.416 e. The molecule has 202 valence electrons. The van der Waals surface area contributed by atoms with E-state index >= 15 is 0 Å². The molecular formula is C25H24F3N9O2. The van der Waals surface area contributed by atoms with E-state index < -0.39 is 12.3 Å². The molecule has 11 nitrogen and oxygen atoms in total. The molecule has 0 radical (unpaired) electrons. The van der Waals surface area contributed by atoms with Gasteiger partial charge in [-0.1, -0.05) is 0 Å². The average molecular weight is 540 g/mol. The number of alkyl halides is 3. The normalized spacial score (nSPS) is 17.2. The molecule has 0 saturated carbocycles. The first-order valence-electron chi connectivity index (χ1n) is 12.2. The highest BCUT2D eigenvalue weighted by Crippen LogP contribution is 2.34. The molecule has 1 saturated heterocycles. The third kappa shape index (κ3) is 4.67. The number of fused-ring (bicyclic) bond motifs is 2. The Labute approximate surface area is 219 Å². The molecule has 1 fully saturated rings. The highest BCUT2D eigenvalue weighted by Gasteiger charge is 2.43. The quantitative estimate of drug-likeness (QED) is 0.309. The molecule has 0 bridgehead atoms. The fourth-order valence-electron chi connectivity index (χ4n) is 4.76. The molecule has 1 aliphatic heterocycles. The number of imidazole rings is 1. The lowest BCUT2D eigenvalue weighted by molar-refractivity contribution is -0.221. The van der Waals surface area contributed by atoms with E-state index in [-0.39, 0.29) is 36.1 Å². The Hall–Kier alpha value is -4.46. The van der Waals surface area contributed by atoms with Gasteiger partial charge in [0.15, 0.2) is 6.10 Å². The summed E-state index contributed by atoms with van der Waals surface area (Å²) < 4.78 is 46.2. The Morgan fingerprint density at radius 3 is 2.74 bits per heavy atom. The van der Waals surface area contributed by atoms with E-state index in [1.807, 2.05) is 6.92 Å². The predicted molar refractivity (Wildman–Crippen MR) is 139 cm³/mol. The van der Waals surface area contributed by atoms with Crippen molar-refractivity contribution in [1.29, 1.82) is 0 Å². The zero-order valence-corrected chi connectivity index (χ0v) is 21.0. The maximum atomic E-state index is 13.4. The number of pyridine rings is 1. The minimum atomic E-state index is -4.44. The number of morpholine rings is 1. The van der Waals surface area contributed by atoms with Crippen molar-refractivity contribution in [2.75, 3.05) is 29.9 Å². The van der Waals surface area contributed by atoms with Crippen LogP contribution in [-0.2, 0) is 11.8 Å². The molecule has 1 aliphatic rings. The number of hydrogen-bond donors (Lipinski definition) is 3. The molecule has 5 heterocycles. The van der Waals surface area contributed by atoms with Crippen molar-refractivity contribution < 1.29 is 17.9 Å². The van der Waals surface area contributed by atoms with E-state index in [1.165, 1.54) is 0 Å². The number of rotatable bonds is 5. The van der Waals surface area contributed by atoms with E-state index in [2.05, 4.69) is 35.3 Å². The van der Waals surface area contributed by atoms with Gasteiger partial charge in [-0.25, -0.2) is 15.0 Å². The second kappa shape index (κ2) is 9.38. The minimum absolute atomic E-state index is 0.0335. The topological polar surface area (TPSA) is 130 Å². The molecule has 4 aromatic heterocycles. The van der Waals surface area contributed by atoms with Crippen LogP contribution in [0.25, 0.3) is 33.5 Å². The maximum Gasteiger partial charge on any atom is 0.416 e. The smallest absolute Gasteiger partial charge is 0.373 e. The Kier molecular flexibility index (Phi) is 5.98. The summed E-state index contributed by atoms with van der Waals surface area (Å²) in [6, 6.07) is 6.51. The maximum absolute atomic E-state index is 13.4. The van der Waals surface area contributed by atoms with Crippen LogP contribution in [0, 0.1) is 0 Å². The third-order valence-electron chi connectivity index (χ3n) is 6.62. The molecule has 2 unspecified atom stereocenters. The number of halogens is 3. The first-order chi connectivity index (χ1) is 18.7. The SMILES string of the molecule is CC(Nc1c(-c2nc3ccc(N4CCOC(C(F)(F)F)C4)cc3[nH]2)c(=O)[nH]c2cn(C)nc12)c1ncccn1. The average Bonchev–Trinajstić information content (AvgIpc) is 3.50. The summed E-state index contributed by atoms with van der Waals surface area (Å²) in [6.07, 6.45) is -1.32. The standard InChI is InChI=1S/C25H24F3N9O2/c1-13(22-29-6-3-7-30-22)31-21-19(24(38)34-17-11-36(2)35-20(17)21)23-32-15-5-4-14(10-16(15)33-23)37-8-9-39-18(12-37)25(26,27)28/h3-7,10-11,13,18,31H,8-9,12H2,1-2H3,(H,32,33)(H,34,38). The summed E-state index contributed by atoms with van der Waals surface area (Å²) in [5.41, 5.74) is 3.10. The summed E-state index contributed by atoms with van der Waals surface area (Å²) in [7, 11) is 1.75. The van der Waals surface area contributed by atoms with Crippen molar-refractivity contribution in [3.05, 3.63) is 59.0 Å². The Morgan fingerprint density at radius 2 is 1.97 bits per heavy atom. The molecule has 0 aliphatic carbocycles. The zero-order valence-electron chi connectivity index (χ0n) is 21.0. The lowest BCUT2D eigenvalue weighted by Crippen LogP contribution is -2.49. The summed E-state index contributed by atoms with van der Waals surface area (Å²) in [5, 5.41) is 7.87. The van der Waals surface area contributed by atoms with E-state index in [0.717, 1.165) is 0 Å². The number of aryl methyl sites for hydroxylation is 1. The van der Waals surface area contributed by atoms with Crippen molar-refractivity contribution in [3.8, 4) is 11.4 Å². The van der Waals surface area contributed by atoms with Gasteiger partial charge in [0.05, 0.1) is 41.4 Å². The first-order valence-corrected chi connectivity index (χ1v) is 12.2. The molecule has 6 rings (SSSR count).